The normalized spacial score (nSPS) is 18.4. The first-order valence-corrected chi connectivity index (χ1v) is 11.3. The van der Waals surface area contributed by atoms with E-state index in [0.29, 0.717) is 55.5 Å². The summed E-state index contributed by atoms with van der Waals surface area (Å²) in [6, 6.07) is 6.97. The van der Waals surface area contributed by atoms with Gasteiger partial charge in [0.05, 0.1) is 23.9 Å². The molecule has 1 fully saturated rings. The second-order valence-corrected chi connectivity index (χ2v) is 8.41. The van der Waals surface area contributed by atoms with Crippen molar-refractivity contribution in [2.24, 2.45) is 10.8 Å². The molecule has 1 saturated heterocycles. The van der Waals surface area contributed by atoms with Gasteiger partial charge in [-0.3, -0.25) is 0 Å². The molecule has 3 aromatic rings. The van der Waals surface area contributed by atoms with Crippen molar-refractivity contribution in [1.29, 1.82) is 5.26 Å². The molecular weight excluding hydrogens is 467 g/mol. The molecule has 13 heteroatoms. The maximum absolute atomic E-state index is 14.0. The lowest BCUT2D eigenvalue weighted by Gasteiger charge is -2.37. The van der Waals surface area contributed by atoms with E-state index in [-0.39, 0.29) is 11.6 Å². The van der Waals surface area contributed by atoms with Crippen LogP contribution in [-0.2, 0) is 0 Å². The monoisotopic (exact) mass is 490 g/mol. The summed E-state index contributed by atoms with van der Waals surface area (Å²) in [6.45, 7) is 1.84. The van der Waals surface area contributed by atoms with Crippen molar-refractivity contribution in [3.05, 3.63) is 65.4 Å². The molecule has 2 amide bonds. The number of carbonyl (C=O) groups is 1. The topological polar surface area (TPSA) is 153 Å². The van der Waals surface area contributed by atoms with Crippen molar-refractivity contribution in [2.75, 3.05) is 31.1 Å². The van der Waals surface area contributed by atoms with Crippen LogP contribution in [0.1, 0.15) is 35.4 Å². The second kappa shape index (κ2) is 9.68. The Bertz CT molecular complexity index is 1340. The number of hydrazone groups is 1. The molecule has 1 unspecified atom stereocenters. The van der Waals surface area contributed by atoms with E-state index < -0.39 is 18.1 Å². The van der Waals surface area contributed by atoms with Gasteiger partial charge in [-0.25, -0.2) is 23.9 Å². The van der Waals surface area contributed by atoms with Gasteiger partial charge >= 0.3 is 6.03 Å². The van der Waals surface area contributed by atoms with Gasteiger partial charge in [0.2, 0.25) is 5.95 Å². The Balaban J connectivity index is 1.25. The summed E-state index contributed by atoms with van der Waals surface area (Å²) in [5.74, 6) is 0.488. The summed E-state index contributed by atoms with van der Waals surface area (Å²) in [5.41, 5.74) is 6.68. The SMILES string of the molecule is N#Cc1cc(F)cc([C@@H]2CC=NN2C(=O)N2CCN(c3nccc(-n4cc(C(N)O)cn4)n3)CC2)c1. The highest BCUT2D eigenvalue weighted by atomic mass is 19.1. The largest absolute Gasteiger partial charge is 0.374 e. The molecule has 5 rings (SSSR count). The number of aliphatic hydroxyl groups excluding tert-OH is 1. The molecule has 0 spiro atoms. The molecule has 1 aromatic carbocycles. The van der Waals surface area contributed by atoms with E-state index >= 15 is 0 Å². The van der Waals surface area contributed by atoms with Gasteiger partial charge in [-0.05, 0) is 23.8 Å². The summed E-state index contributed by atoms with van der Waals surface area (Å²) in [7, 11) is 0. The minimum atomic E-state index is -1.13. The summed E-state index contributed by atoms with van der Waals surface area (Å²) >= 11 is 0. The summed E-state index contributed by atoms with van der Waals surface area (Å²) in [5, 5.41) is 28.4. The highest BCUT2D eigenvalue weighted by Crippen LogP contribution is 2.30. The highest BCUT2D eigenvalue weighted by Gasteiger charge is 2.33. The molecule has 0 aliphatic carbocycles. The summed E-state index contributed by atoms with van der Waals surface area (Å²) < 4.78 is 15.5. The van der Waals surface area contributed by atoms with Gasteiger partial charge in [-0.1, -0.05) is 0 Å². The van der Waals surface area contributed by atoms with E-state index in [9.17, 15) is 14.3 Å². The average molecular weight is 491 g/mol. The Morgan fingerprint density at radius 3 is 2.78 bits per heavy atom. The molecule has 3 N–H and O–H groups in total. The predicted molar refractivity (Wildman–Crippen MR) is 126 cm³/mol. The van der Waals surface area contributed by atoms with Crippen LogP contribution in [0.2, 0.25) is 0 Å². The molecule has 2 atom stereocenters. The minimum Gasteiger partial charge on any atom is -0.374 e. The van der Waals surface area contributed by atoms with Gasteiger partial charge in [0.25, 0.3) is 0 Å². The van der Waals surface area contributed by atoms with Crippen LogP contribution in [0.3, 0.4) is 0 Å². The average Bonchev–Trinajstić information content (AvgIpc) is 3.59. The van der Waals surface area contributed by atoms with E-state index in [0.717, 1.165) is 6.07 Å². The van der Waals surface area contributed by atoms with Gasteiger partial charge in [0, 0.05) is 62.8 Å². The van der Waals surface area contributed by atoms with Crippen LogP contribution in [-0.4, -0.2) is 73.2 Å². The molecule has 12 nitrogen and oxygen atoms in total. The fourth-order valence-corrected chi connectivity index (χ4v) is 4.22. The molecule has 184 valence electrons. The maximum atomic E-state index is 14.0. The first-order chi connectivity index (χ1) is 17.4. The van der Waals surface area contributed by atoms with Crippen molar-refractivity contribution in [3.8, 4) is 11.9 Å². The lowest BCUT2D eigenvalue weighted by atomic mass is 10.0. The van der Waals surface area contributed by atoms with E-state index in [1.165, 1.54) is 22.0 Å². The number of nitrogens with zero attached hydrogens (tertiary/aromatic N) is 9. The van der Waals surface area contributed by atoms with E-state index in [4.69, 9.17) is 11.0 Å². The van der Waals surface area contributed by atoms with E-state index in [2.05, 4.69) is 20.2 Å². The number of halogens is 1. The minimum absolute atomic E-state index is 0.200. The summed E-state index contributed by atoms with van der Waals surface area (Å²) in [4.78, 5) is 25.8. The number of aliphatic hydroxyl groups is 1. The van der Waals surface area contributed by atoms with Crippen molar-refractivity contribution < 1.29 is 14.3 Å². The lowest BCUT2D eigenvalue weighted by molar-refractivity contribution is 0.139. The molecule has 0 radical (unpaired) electrons. The van der Waals surface area contributed by atoms with Crippen LogP contribution in [0.25, 0.3) is 5.82 Å². The van der Waals surface area contributed by atoms with E-state index in [1.54, 1.807) is 35.6 Å². The Kier molecular flexibility index (Phi) is 6.28. The number of nitrogens with two attached hydrogens (primary N) is 1. The van der Waals surface area contributed by atoms with Crippen LogP contribution in [0.15, 0.2) is 48.0 Å². The van der Waals surface area contributed by atoms with Gasteiger partial charge in [-0.2, -0.15) is 20.4 Å². The molecule has 2 aliphatic heterocycles. The number of piperazine rings is 1. The van der Waals surface area contributed by atoms with Crippen LogP contribution in [0.5, 0.6) is 0 Å². The maximum Gasteiger partial charge on any atom is 0.341 e. The number of rotatable bonds is 4. The van der Waals surface area contributed by atoms with Crippen molar-refractivity contribution in [2.45, 2.75) is 18.7 Å². The van der Waals surface area contributed by atoms with Crippen molar-refractivity contribution >= 4 is 18.2 Å². The molecule has 2 aliphatic rings. The van der Waals surface area contributed by atoms with Crippen LogP contribution < -0.4 is 10.6 Å². The highest BCUT2D eigenvalue weighted by molar-refractivity contribution is 5.78. The second-order valence-electron chi connectivity index (χ2n) is 8.41. The molecule has 4 heterocycles. The smallest absolute Gasteiger partial charge is 0.341 e. The molecule has 0 saturated carbocycles. The fraction of sp³-hybridized carbons (Fsp3) is 0.304. The fourth-order valence-electron chi connectivity index (χ4n) is 4.22. The number of hydrogen-bond acceptors (Lipinski definition) is 9. The van der Waals surface area contributed by atoms with E-state index in [1.807, 2.05) is 11.0 Å². The van der Waals surface area contributed by atoms with Crippen molar-refractivity contribution in [3.63, 3.8) is 0 Å². The summed E-state index contributed by atoms with van der Waals surface area (Å²) in [6.07, 6.45) is 5.62. The number of benzene rings is 1. The number of urea groups is 1. The molecule has 2 aromatic heterocycles. The number of carbonyl (C=O) groups excluding carboxylic acids is 1. The molecule has 0 bridgehead atoms. The quantitative estimate of drug-likeness (QED) is 0.519. The number of anilines is 1. The van der Waals surface area contributed by atoms with Crippen molar-refractivity contribution in [1.82, 2.24) is 29.7 Å². The first kappa shape index (κ1) is 23.3. The van der Waals surface area contributed by atoms with Gasteiger partial charge < -0.3 is 20.6 Å². The number of amides is 2. The Hall–Kier alpha value is -4.41. The standard InChI is InChI=1S/C23H23FN10O2/c24-18-10-15(12-25)9-16(11-18)19-1-4-28-34(19)23(36)32-7-5-31(6-8-32)22-27-3-2-20(30-22)33-14-17(13-29-33)21(26)35/h2-4,9-11,13-14,19,21,35H,1,5-8,26H2/t19-,21?/m0/s1. The Morgan fingerprint density at radius 1 is 1.25 bits per heavy atom. The third-order valence-corrected chi connectivity index (χ3v) is 6.10. The zero-order chi connectivity index (χ0) is 25.2. The first-order valence-electron chi connectivity index (χ1n) is 11.3. The number of nitriles is 1. The lowest BCUT2D eigenvalue weighted by Crippen LogP contribution is -2.52. The molecular formula is C23H23FN10O2. The van der Waals surface area contributed by atoms with Gasteiger partial charge in [-0.15, -0.1) is 0 Å². The third kappa shape index (κ3) is 4.59. The molecule has 36 heavy (non-hydrogen) atoms. The van der Waals surface area contributed by atoms with Gasteiger partial charge in [0.15, 0.2) is 5.82 Å². The van der Waals surface area contributed by atoms with Crippen LogP contribution >= 0.6 is 0 Å². The zero-order valence-corrected chi connectivity index (χ0v) is 19.1. The Labute approximate surface area is 205 Å². The van der Waals surface area contributed by atoms with Crippen LogP contribution in [0.4, 0.5) is 15.1 Å². The Morgan fingerprint density at radius 2 is 2.06 bits per heavy atom. The number of hydrogen-bond donors (Lipinski definition) is 2. The zero-order valence-electron chi connectivity index (χ0n) is 19.1. The van der Waals surface area contributed by atoms with Crippen LogP contribution in [0, 0.1) is 17.1 Å². The third-order valence-electron chi connectivity index (χ3n) is 6.10. The number of aromatic nitrogens is 4. The predicted octanol–water partition coefficient (Wildman–Crippen LogP) is 1.30. The van der Waals surface area contributed by atoms with Gasteiger partial charge in [0.1, 0.15) is 12.0 Å².